The Bertz CT molecular complexity index is 1140. The van der Waals surface area contributed by atoms with Crippen molar-refractivity contribution in [2.24, 2.45) is 0 Å². The lowest BCUT2D eigenvalue weighted by atomic mass is 10.1. The minimum absolute atomic E-state index is 0.0875. The van der Waals surface area contributed by atoms with Gasteiger partial charge in [0.05, 0.1) is 16.2 Å². The molecule has 3 rings (SSSR count). The van der Waals surface area contributed by atoms with E-state index >= 15 is 0 Å². The van der Waals surface area contributed by atoms with Crippen LogP contribution in [0.25, 0.3) is 0 Å². The van der Waals surface area contributed by atoms with Crippen LogP contribution in [0.3, 0.4) is 0 Å². The molecule has 156 valence electrons. The molecule has 0 spiro atoms. The number of ether oxygens (including phenoxy) is 1. The molecule has 3 aromatic carbocycles. The quantitative estimate of drug-likeness (QED) is 0.226. The summed E-state index contributed by atoms with van der Waals surface area (Å²) >= 11 is 3.30. The number of para-hydroxylation sites is 1. The maximum absolute atomic E-state index is 12.5. The molecule has 3 aromatic rings. The molecule has 0 bridgehead atoms. The highest BCUT2D eigenvalue weighted by Crippen LogP contribution is 2.19. The SMILES string of the molecule is O=C(COC(=O)c1ccccc1NC(=O)c1ccc(Br)cc1)c1ccc([N+](=O)[O-])cc1. The molecule has 31 heavy (non-hydrogen) atoms. The van der Waals surface area contributed by atoms with Crippen LogP contribution in [-0.4, -0.2) is 29.2 Å². The summed E-state index contributed by atoms with van der Waals surface area (Å²) in [5.74, 6) is -1.71. The number of anilines is 1. The lowest BCUT2D eigenvalue weighted by molar-refractivity contribution is -0.384. The lowest BCUT2D eigenvalue weighted by Gasteiger charge is -2.11. The molecule has 0 atom stereocenters. The first-order valence-corrected chi connectivity index (χ1v) is 9.75. The Morgan fingerprint density at radius 1 is 0.903 bits per heavy atom. The first-order chi connectivity index (χ1) is 14.8. The van der Waals surface area contributed by atoms with Crippen LogP contribution in [0.2, 0.25) is 0 Å². The fraction of sp³-hybridized carbons (Fsp3) is 0.0455. The molecule has 0 aliphatic rings. The first-order valence-electron chi connectivity index (χ1n) is 8.96. The summed E-state index contributed by atoms with van der Waals surface area (Å²) in [5.41, 5.74) is 0.756. The minimum Gasteiger partial charge on any atom is -0.454 e. The smallest absolute Gasteiger partial charge is 0.340 e. The zero-order valence-electron chi connectivity index (χ0n) is 15.9. The number of benzene rings is 3. The van der Waals surface area contributed by atoms with Gasteiger partial charge < -0.3 is 10.1 Å². The van der Waals surface area contributed by atoms with Gasteiger partial charge in [0.2, 0.25) is 0 Å². The Morgan fingerprint density at radius 2 is 1.52 bits per heavy atom. The molecule has 0 aliphatic heterocycles. The number of nitrogens with zero attached hydrogens (tertiary/aromatic N) is 1. The van der Waals surface area contributed by atoms with Crippen molar-refractivity contribution < 1.29 is 24.0 Å². The van der Waals surface area contributed by atoms with Gasteiger partial charge in [-0.2, -0.15) is 0 Å². The summed E-state index contributed by atoms with van der Waals surface area (Å²) in [6.45, 7) is -0.550. The molecule has 0 heterocycles. The van der Waals surface area contributed by atoms with Crippen LogP contribution in [0.4, 0.5) is 11.4 Å². The van der Waals surface area contributed by atoms with Gasteiger partial charge in [0.1, 0.15) is 0 Å². The number of rotatable bonds is 7. The van der Waals surface area contributed by atoms with Gasteiger partial charge in [-0.25, -0.2) is 4.79 Å². The summed E-state index contributed by atoms with van der Waals surface area (Å²) in [7, 11) is 0. The summed E-state index contributed by atoms with van der Waals surface area (Å²) in [6.07, 6.45) is 0. The number of esters is 1. The zero-order valence-corrected chi connectivity index (χ0v) is 17.5. The van der Waals surface area contributed by atoms with Gasteiger partial charge >= 0.3 is 5.97 Å². The van der Waals surface area contributed by atoms with Crippen LogP contribution in [0.1, 0.15) is 31.1 Å². The summed E-state index contributed by atoms with van der Waals surface area (Å²) in [6, 6.07) is 17.9. The summed E-state index contributed by atoms with van der Waals surface area (Å²) in [4.78, 5) is 47.3. The Labute approximate surface area is 185 Å². The van der Waals surface area contributed by atoms with Crippen molar-refractivity contribution in [2.45, 2.75) is 0 Å². The van der Waals surface area contributed by atoms with Crippen LogP contribution in [-0.2, 0) is 4.74 Å². The number of nitro groups is 1. The first kappa shape index (κ1) is 21.8. The molecule has 0 radical (unpaired) electrons. The normalized spacial score (nSPS) is 10.2. The highest BCUT2D eigenvalue weighted by Gasteiger charge is 2.17. The summed E-state index contributed by atoms with van der Waals surface area (Å²) < 4.78 is 5.91. The minimum atomic E-state index is -0.790. The van der Waals surface area contributed by atoms with Crippen molar-refractivity contribution in [3.8, 4) is 0 Å². The molecule has 1 N–H and O–H groups in total. The predicted octanol–water partition coefficient (Wildman–Crippen LogP) is 4.65. The Kier molecular flexibility index (Phi) is 6.88. The van der Waals surface area contributed by atoms with E-state index in [4.69, 9.17) is 4.74 Å². The standard InChI is InChI=1S/C22H15BrN2O6/c23-16-9-5-15(6-10-16)21(27)24-19-4-2-1-3-18(19)22(28)31-13-20(26)14-7-11-17(12-8-14)25(29)30/h1-12H,13H2,(H,24,27). The van der Waals surface area contributed by atoms with Gasteiger partial charge in [-0.3, -0.25) is 19.7 Å². The maximum atomic E-state index is 12.5. The van der Waals surface area contributed by atoms with E-state index < -0.39 is 29.2 Å². The number of hydrogen-bond acceptors (Lipinski definition) is 6. The molecule has 0 aliphatic carbocycles. The van der Waals surface area contributed by atoms with Gasteiger partial charge in [-0.15, -0.1) is 0 Å². The second kappa shape index (κ2) is 9.77. The molecular weight excluding hydrogens is 468 g/mol. The van der Waals surface area contributed by atoms with E-state index in [1.807, 2.05) is 0 Å². The Morgan fingerprint density at radius 3 is 2.16 bits per heavy atom. The third kappa shape index (κ3) is 5.61. The van der Waals surface area contributed by atoms with Crippen molar-refractivity contribution in [3.63, 3.8) is 0 Å². The van der Waals surface area contributed by atoms with Crippen molar-refractivity contribution >= 4 is 45.0 Å². The molecule has 0 saturated carbocycles. The van der Waals surface area contributed by atoms with E-state index in [0.29, 0.717) is 5.56 Å². The van der Waals surface area contributed by atoms with Crippen molar-refractivity contribution in [3.05, 3.63) is 104 Å². The fourth-order valence-corrected chi connectivity index (χ4v) is 2.89. The third-order valence-electron chi connectivity index (χ3n) is 4.24. The number of carbonyl (C=O) groups excluding carboxylic acids is 3. The second-order valence-corrected chi connectivity index (χ2v) is 7.23. The number of ketones is 1. The molecule has 9 heteroatoms. The average molecular weight is 483 g/mol. The molecular formula is C22H15BrN2O6. The fourth-order valence-electron chi connectivity index (χ4n) is 2.63. The number of carbonyl (C=O) groups is 3. The predicted molar refractivity (Wildman–Crippen MR) is 116 cm³/mol. The number of nitrogens with one attached hydrogen (secondary N) is 1. The third-order valence-corrected chi connectivity index (χ3v) is 4.76. The number of hydrogen-bond donors (Lipinski definition) is 1. The van der Waals surface area contributed by atoms with E-state index in [0.717, 1.165) is 4.47 Å². The topological polar surface area (TPSA) is 116 Å². The highest BCUT2D eigenvalue weighted by molar-refractivity contribution is 9.10. The van der Waals surface area contributed by atoms with E-state index in [9.17, 15) is 24.5 Å². The number of non-ortho nitro benzene ring substituents is 1. The van der Waals surface area contributed by atoms with E-state index in [1.165, 1.54) is 30.3 Å². The van der Waals surface area contributed by atoms with Gasteiger partial charge in [-0.1, -0.05) is 28.1 Å². The van der Waals surface area contributed by atoms with Crippen molar-refractivity contribution in [1.82, 2.24) is 0 Å². The second-order valence-electron chi connectivity index (χ2n) is 6.31. The van der Waals surface area contributed by atoms with Crippen LogP contribution in [0.5, 0.6) is 0 Å². The number of nitro benzene ring substituents is 1. The highest BCUT2D eigenvalue weighted by atomic mass is 79.9. The average Bonchev–Trinajstić information content (AvgIpc) is 2.78. The summed E-state index contributed by atoms with van der Waals surface area (Å²) in [5, 5.41) is 13.3. The molecule has 0 saturated heterocycles. The van der Waals surface area contributed by atoms with Crippen LogP contribution < -0.4 is 5.32 Å². The lowest BCUT2D eigenvalue weighted by Crippen LogP contribution is -2.18. The Hall–Kier alpha value is -3.85. The molecule has 0 unspecified atom stereocenters. The van der Waals surface area contributed by atoms with E-state index in [2.05, 4.69) is 21.2 Å². The van der Waals surface area contributed by atoms with Gasteiger partial charge in [-0.05, 0) is 48.5 Å². The molecule has 0 fully saturated rings. The molecule has 1 amide bonds. The zero-order chi connectivity index (χ0) is 22.4. The van der Waals surface area contributed by atoms with Gasteiger partial charge in [0, 0.05) is 27.7 Å². The maximum Gasteiger partial charge on any atom is 0.340 e. The number of halogens is 1. The molecule has 8 nitrogen and oxygen atoms in total. The number of amides is 1. The largest absolute Gasteiger partial charge is 0.454 e. The molecule has 0 aromatic heterocycles. The van der Waals surface area contributed by atoms with E-state index in [-0.39, 0.29) is 22.5 Å². The Balaban J connectivity index is 1.66. The van der Waals surface area contributed by atoms with Crippen LogP contribution >= 0.6 is 15.9 Å². The number of Topliss-reactive ketones (excluding diaryl/α,β-unsaturated/α-hetero) is 1. The van der Waals surface area contributed by atoms with Gasteiger partial charge in [0.15, 0.2) is 12.4 Å². The van der Waals surface area contributed by atoms with Crippen LogP contribution in [0, 0.1) is 10.1 Å². The van der Waals surface area contributed by atoms with Crippen LogP contribution in [0.15, 0.2) is 77.3 Å². The van der Waals surface area contributed by atoms with E-state index in [1.54, 1.807) is 42.5 Å². The van der Waals surface area contributed by atoms with Crippen molar-refractivity contribution in [2.75, 3.05) is 11.9 Å². The van der Waals surface area contributed by atoms with Gasteiger partial charge in [0.25, 0.3) is 11.6 Å². The monoisotopic (exact) mass is 482 g/mol. The van der Waals surface area contributed by atoms with Crippen molar-refractivity contribution in [1.29, 1.82) is 0 Å².